The lowest BCUT2D eigenvalue weighted by atomic mass is 10.3. The highest BCUT2D eigenvalue weighted by Gasteiger charge is 2.32. The Balaban J connectivity index is 1.70. The standard InChI is InChI=1S/C15H15N3O4S2/c1-8-11(24-12(17-8)10-3-6-23-7-10)14(20)22-9(2)13(19)18-5-4-16-15(18)21/h3,6-7,9H,4-5H2,1-2H3,(H,16,21)/t9-/m1/s1. The zero-order valence-electron chi connectivity index (χ0n) is 13.1. The van der Waals surface area contributed by atoms with Gasteiger partial charge in [0.15, 0.2) is 6.10 Å². The van der Waals surface area contributed by atoms with Gasteiger partial charge in [0.05, 0.1) is 5.69 Å². The molecular weight excluding hydrogens is 350 g/mol. The van der Waals surface area contributed by atoms with Crippen LogP contribution in [0.1, 0.15) is 22.3 Å². The van der Waals surface area contributed by atoms with E-state index in [2.05, 4.69) is 10.3 Å². The number of aryl methyl sites for hydroxylation is 1. The number of urea groups is 1. The normalized spacial score (nSPS) is 15.2. The van der Waals surface area contributed by atoms with Gasteiger partial charge in [-0.2, -0.15) is 11.3 Å². The SMILES string of the molecule is Cc1nc(-c2ccsc2)sc1C(=O)O[C@H](C)C(=O)N1CCNC1=O. The molecule has 3 amide bonds. The molecule has 1 fully saturated rings. The van der Waals surface area contributed by atoms with Gasteiger partial charge in [-0.15, -0.1) is 11.3 Å². The number of imide groups is 1. The second-order valence-corrected chi connectivity index (χ2v) is 6.99. The van der Waals surface area contributed by atoms with E-state index in [4.69, 9.17) is 4.74 Å². The predicted molar refractivity (Wildman–Crippen MR) is 90.2 cm³/mol. The lowest BCUT2D eigenvalue weighted by Crippen LogP contribution is -2.41. The molecule has 126 valence electrons. The van der Waals surface area contributed by atoms with Crippen molar-refractivity contribution in [2.75, 3.05) is 13.1 Å². The van der Waals surface area contributed by atoms with Crippen molar-refractivity contribution >= 4 is 40.6 Å². The van der Waals surface area contributed by atoms with E-state index >= 15 is 0 Å². The second kappa shape index (κ2) is 6.70. The number of esters is 1. The van der Waals surface area contributed by atoms with Gasteiger partial charge in [0.1, 0.15) is 9.88 Å². The molecule has 3 rings (SSSR count). The van der Waals surface area contributed by atoms with Gasteiger partial charge in [0.25, 0.3) is 5.91 Å². The molecule has 0 saturated carbocycles. The Morgan fingerprint density at radius 3 is 2.88 bits per heavy atom. The third-order valence-electron chi connectivity index (χ3n) is 3.50. The number of hydrogen-bond acceptors (Lipinski definition) is 7. The number of thiophene rings is 1. The van der Waals surface area contributed by atoms with Gasteiger partial charge in [0.2, 0.25) is 0 Å². The van der Waals surface area contributed by atoms with Crippen LogP contribution in [-0.2, 0) is 9.53 Å². The van der Waals surface area contributed by atoms with Crippen LogP contribution in [0.5, 0.6) is 0 Å². The van der Waals surface area contributed by atoms with E-state index in [1.807, 2.05) is 16.8 Å². The van der Waals surface area contributed by atoms with Crippen LogP contribution >= 0.6 is 22.7 Å². The van der Waals surface area contributed by atoms with Crippen LogP contribution < -0.4 is 5.32 Å². The van der Waals surface area contributed by atoms with Crippen molar-refractivity contribution < 1.29 is 19.1 Å². The molecule has 7 nitrogen and oxygen atoms in total. The Morgan fingerprint density at radius 2 is 2.25 bits per heavy atom. The molecule has 0 unspecified atom stereocenters. The molecule has 9 heteroatoms. The van der Waals surface area contributed by atoms with Crippen molar-refractivity contribution in [3.8, 4) is 10.6 Å². The summed E-state index contributed by atoms with van der Waals surface area (Å²) in [6.45, 7) is 3.87. The molecule has 24 heavy (non-hydrogen) atoms. The minimum atomic E-state index is -1.03. The van der Waals surface area contributed by atoms with E-state index in [0.29, 0.717) is 17.1 Å². The first-order valence-electron chi connectivity index (χ1n) is 7.27. The quantitative estimate of drug-likeness (QED) is 0.840. The molecular formula is C15H15N3O4S2. The van der Waals surface area contributed by atoms with E-state index < -0.39 is 24.0 Å². The molecule has 0 radical (unpaired) electrons. The van der Waals surface area contributed by atoms with Gasteiger partial charge in [-0.25, -0.2) is 14.6 Å². The van der Waals surface area contributed by atoms with E-state index in [-0.39, 0.29) is 6.54 Å². The molecule has 3 heterocycles. The van der Waals surface area contributed by atoms with E-state index in [1.165, 1.54) is 18.3 Å². The smallest absolute Gasteiger partial charge is 0.351 e. The summed E-state index contributed by atoms with van der Waals surface area (Å²) in [5.41, 5.74) is 1.51. The summed E-state index contributed by atoms with van der Waals surface area (Å²) in [5, 5.41) is 7.16. The third-order valence-corrected chi connectivity index (χ3v) is 5.37. The number of aromatic nitrogens is 1. The lowest BCUT2D eigenvalue weighted by Gasteiger charge is -2.17. The third kappa shape index (κ3) is 3.17. The Kier molecular flexibility index (Phi) is 4.63. The summed E-state index contributed by atoms with van der Waals surface area (Å²) >= 11 is 2.78. The molecule has 1 saturated heterocycles. The van der Waals surface area contributed by atoms with Gasteiger partial charge < -0.3 is 10.1 Å². The largest absolute Gasteiger partial charge is 0.448 e. The zero-order chi connectivity index (χ0) is 17.3. The topological polar surface area (TPSA) is 88.6 Å². The van der Waals surface area contributed by atoms with E-state index in [0.717, 1.165) is 15.5 Å². The summed E-state index contributed by atoms with van der Waals surface area (Å²) in [6, 6.07) is 1.47. The summed E-state index contributed by atoms with van der Waals surface area (Å²) in [4.78, 5) is 41.8. The molecule has 1 aliphatic heterocycles. The molecule has 0 aromatic carbocycles. The minimum absolute atomic E-state index is 0.279. The second-order valence-electron chi connectivity index (χ2n) is 5.21. The fourth-order valence-electron chi connectivity index (χ4n) is 2.26. The zero-order valence-corrected chi connectivity index (χ0v) is 14.7. The number of carbonyl (C=O) groups is 3. The van der Waals surface area contributed by atoms with Gasteiger partial charge >= 0.3 is 12.0 Å². The number of carbonyl (C=O) groups excluding carboxylic acids is 3. The number of nitrogens with one attached hydrogen (secondary N) is 1. The average molecular weight is 365 g/mol. The van der Waals surface area contributed by atoms with Crippen molar-refractivity contribution in [2.24, 2.45) is 0 Å². The first-order chi connectivity index (χ1) is 11.5. The number of nitrogens with zero attached hydrogens (tertiary/aromatic N) is 2. The summed E-state index contributed by atoms with van der Waals surface area (Å²) in [7, 11) is 0. The number of rotatable bonds is 4. The Labute approximate surface area is 146 Å². The summed E-state index contributed by atoms with van der Waals surface area (Å²) in [5.74, 6) is -1.13. The van der Waals surface area contributed by atoms with Gasteiger partial charge in [-0.05, 0) is 25.3 Å². The van der Waals surface area contributed by atoms with Gasteiger partial charge in [0, 0.05) is 24.0 Å². The Morgan fingerprint density at radius 1 is 1.46 bits per heavy atom. The maximum absolute atomic E-state index is 12.3. The maximum atomic E-state index is 12.3. The van der Waals surface area contributed by atoms with Crippen LogP contribution in [0.25, 0.3) is 10.6 Å². The fraction of sp³-hybridized carbons (Fsp3) is 0.333. The van der Waals surface area contributed by atoms with Crippen molar-refractivity contribution in [3.05, 3.63) is 27.4 Å². The van der Waals surface area contributed by atoms with E-state index in [1.54, 1.807) is 18.3 Å². The van der Waals surface area contributed by atoms with Crippen LogP contribution in [0.2, 0.25) is 0 Å². The molecule has 2 aromatic rings. The van der Waals surface area contributed by atoms with Gasteiger partial charge in [-0.1, -0.05) is 0 Å². The Bertz CT molecular complexity index is 785. The van der Waals surface area contributed by atoms with Gasteiger partial charge in [-0.3, -0.25) is 9.69 Å². The van der Waals surface area contributed by atoms with Crippen LogP contribution in [0.15, 0.2) is 16.8 Å². The van der Waals surface area contributed by atoms with Crippen molar-refractivity contribution in [1.29, 1.82) is 0 Å². The number of ether oxygens (including phenoxy) is 1. The fourth-order valence-corrected chi connectivity index (χ4v) is 3.92. The monoisotopic (exact) mass is 365 g/mol. The van der Waals surface area contributed by atoms with Crippen molar-refractivity contribution in [2.45, 2.75) is 20.0 Å². The maximum Gasteiger partial charge on any atom is 0.351 e. The number of amides is 3. The number of thiazole rings is 1. The molecule has 0 bridgehead atoms. The molecule has 0 aliphatic carbocycles. The van der Waals surface area contributed by atoms with Crippen molar-refractivity contribution in [1.82, 2.24) is 15.2 Å². The van der Waals surface area contributed by atoms with Crippen LogP contribution in [0, 0.1) is 6.92 Å². The molecule has 1 N–H and O–H groups in total. The van der Waals surface area contributed by atoms with Crippen molar-refractivity contribution in [3.63, 3.8) is 0 Å². The minimum Gasteiger partial charge on any atom is -0.448 e. The first kappa shape index (κ1) is 16.6. The average Bonchev–Trinajstić information content (AvgIpc) is 3.26. The predicted octanol–water partition coefficient (Wildman–Crippen LogP) is 2.28. The first-order valence-corrected chi connectivity index (χ1v) is 9.03. The summed E-state index contributed by atoms with van der Waals surface area (Å²) in [6.07, 6.45) is -1.03. The summed E-state index contributed by atoms with van der Waals surface area (Å²) < 4.78 is 5.23. The van der Waals surface area contributed by atoms with Crippen LogP contribution in [0.4, 0.5) is 4.79 Å². The highest BCUT2D eigenvalue weighted by molar-refractivity contribution is 7.17. The van der Waals surface area contributed by atoms with Crippen LogP contribution in [0.3, 0.4) is 0 Å². The molecule has 0 spiro atoms. The molecule has 1 aliphatic rings. The number of hydrogen-bond donors (Lipinski definition) is 1. The highest BCUT2D eigenvalue weighted by Crippen LogP contribution is 2.30. The molecule has 2 aromatic heterocycles. The van der Waals surface area contributed by atoms with Crippen LogP contribution in [-0.4, -0.2) is 47.0 Å². The Hall–Kier alpha value is -2.26. The molecule has 1 atom stereocenters. The lowest BCUT2D eigenvalue weighted by molar-refractivity contribution is -0.136. The highest BCUT2D eigenvalue weighted by atomic mass is 32.1. The van der Waals surface area contributed by atoms with E-state index in [9.17, 15) is 14.4 Å².